The van der Waals surface area contributed by atoms with Crippen molar-refractivity contribution in [1.29, 1.82) is 0 Å². The van der Waals surface area contributed by atoms with E-state index in [0.717, 1.165) is 25.7 Å². The monoisotopic (exact) mass is 251 g/mol. The van der Waals surface area contributed by atoms with Gasteiger partial charge in [-0.05, 0) is 37.0 Å². The third kappa shape index (κ3) is 3.30. The van der Waals surface area contributed by atoms with E-state index in [4.69, 9.17) is 0 Å². The minimum atomic E-state index is -0.611. The van der Waals surface area contributed by atoms with Gasteiger partial charge in [0.15, 0.2) is 0 Å². The van der Waals surface area contributed by atoms with E-state index in [9.17, 15) is 9.50 Å². The summed E-state index contributed by atoms with van der Waals surface area (Å²) in [4.78, 5) is 0. The molecule has 2 nitrogen and oxygen atoms in total. The Balaban J connectivity index is 2.02. The number of rotatable bonds is 4. The first-order chi connectivity index (χ1) is 8.70. The molecule has 0 aromatic heterocycles. The van der Waals surface area contributed by atoms with Gasteiger partial charge in [-0.1, -0.05) is 31.9 Å². The molecule has 3 atom stereocenters. The molecule has 2 rings (SSSR count). The lowest BCUT2D eigenvalue weighted by molar-refractivity contribution is 0.0995. The van der Waals surface area contributed by atoms with E-state index >= 15 is 0 Å². The fourth-order valence-electron chi connectivity index (χ4n) is 2.80. The van der Waals surface area contributed by atoms with Crippen molar-refractivity contribution in [2.24, 2.45) is 0 Å². The van der Waals surface area contributed by atoms with Crippen LogP contribution in [0.3, 0.4) is 0 Å². The molecule has 1 aromatic carbocycles. The molecule has 1 aliphatic rings. The number of hydrogen-bond acceptors (Lipinski definition) is 2. The van der Waals surface area contributed by atoms with Gasteiger partial charge in [0, 0.05) is 12.1 Å². The summed E-state index contributed by atoms with van der Waals surface area (Å²) in [6.07, 6.45) is 4.96. The van der Waals surface area contributed by atoms with Crippen LogP contribution in [-0.4, -0.2) is 17.2 Å². The predicted molar refractivity (Wildman–Crippen MR) is 70.8 cm³/mol. The first-order valence-electron chi connectivity index (χ1n) is 6.90. The molecule has 1 saturated heterocycles. The molecule has 1 heterocycles. The second kappa shape index (κ2) is 6.30. The van der Waals surface area contributed by atoms with Crippen molar-refractivity contribution < 1.29 is 9.50 Å². The quantitative estimate of drug-likeness (QED) is 0.861. The Morgan fingerprint density at radius 1 is 1.44 bits per heavy atom. The van der Waals surface area contributed by atoms with Gasteiger partial charge in [-0.25, -0.2) is 4.39 Å². The van der Waals surface area contributed by atoms with Gasteiger partial charge < -0.3 is 10.4 Å². The average Bonchev–Trinajstić information content (AvgIpc) is 2.39. The zero-order valence-corrected chi connectivity index (χ0v) is 10.9. The highest BCUT2D eigenvalue weighted by Gasteiger charge is 2.27. The van der Waals surface area contributed by atoms with Crippen LogP contribution in [0.2, 0.25) is 0 Å². The fourth-order valence-corrected chi connectivity index (χ4v) is 2.80. The molecule has 2 N–H and O–H groups in total. The van der Waals surface area contributed by atoms with Crippen LogP contribution in [0.25, 0.3) is 0 Å². The van der Waals surface area contributed by atoms with Crippen molar-refractivity contribution in [3.63, 3.8) is 0 Å². The Morgan fingerprint density at radius 2 is 2.28 bits per heavy atom. The molecule has 0 aliphatic carbocycles. The van der Waals surface area contributed by atoms with Gasteiger partial charge in [-0.3, -0.25) is 0 Å². The minimum Gasteiger partial charge on any atom is -0.387 e. The molecule has 18 heavy (non-hydrogen) atoms. The zero-order chi connectivity index (χ0) is 13.0. The molecule has 0 bridgehead atoms. The first kappa shape index (κ1) is 13.5. The van der Waals surface area contributed by atoms with Gasteiger partial charge in [-0.2, -0.15) is 0 Å². The van der Waals surface area contributed by atoms with E-state index in [0.29, 0.717) is 11.6 Å². The molecule has 1 aromatic rings. The average molecular weight is 251 g/mol. The molecule has 100 valence electrons. The van der Waals surface area contributed by atoms with E-state index in [1.165, 1.54) is 18.6 Å². The highest BCUT2D eigenvalue weighted by atomic mass is 19.1. The van der Waals surface area contributed by atoms with Gasteiger partial charge >= 0.3 is 0 Å². The summed E-state index contributed by atoms with van der Waals surface area (Å²) < 4.78 is 13.2. The van der Waals surface area contributed by atoms with Crippen LogP contribution >= 0.6 is 0 Å². The number of hydrogen-bond donors (Lipinski definition) is 2. The topological polar surface area (TPSA) is 32.3 Å². The Bertz CT molecular complexity index is 381. The number of halogens is 1. The number of benzene rings is 1. The predicted octanol–water partition coefficient (Wildman–Crippen LogP) is 3.17. The summed E-state index contributed by atoms with van der Waals surface area (Å²) in [5.74, 6) is -0.285. The summed E-state index contributed by atoms with van der Waals surface area (Å²) in [6.45, 7) is 2.17. The molecule has 1 aliphatic heterocycles. The molecular formula is C15H22FNO. The zero-order valence-electron chi connectivity index (χ0n) is 10.9. The normalized spacial score (nSPS) is 25.9. The molecule has 3 heteroatoms. The maximum absolute atomic E-state index is 13.2. The lowest BCUT2D eigenvalue weighted by Gasteiger charge is -2.34. The number of nitrogens with one attached hydrogen (secondary N) is 1. The smallest absolute Gasteiger partial charge is 0.123 e. The SMILES string of the molecule is CCC[C@H]1CCC[C@H]([C@H](O)c2cccc(F)c2)N1. The maximum atomic E-state index is 13.2. The number of piperidine rings is 1. The number of aliphatic hydroxyl groups excluding tert-OH is 1. The molecule has 0 radical (unpaired) electrons. The second-order valence-electron chi connectivity index (χ2n) is 5.19. The first-order valence-corrected chi connectivity index (χ1v) is 6.90. The summed E-state index contributed by atoms with van der Waals surface area (Å²) in [7, 11) is 0. The van der Waals surface area contributed by atoms with Crippen LogP contribution in [-0.2, 0) is 0 Å². The lowest BCUT2D eigenvalue weighted by atomic mass is 9.90. The molecule has 0 spiro atoms. The molecule has 1 fully saturated rings. The van der Waals surface area contributed by atoms with Crippen molar-refractivity contribution in [3.05, 3.63) is 35.6 Å². The van der Waals surface area contributed by atoms with Gasteiger partial charge in [-0.15, -0.1) is 0 Å². The van der Waals surface area contributed by atoms with E-state index in [1.54, 1.807) is 12.1 Å². The third-order valence-electron chi connectivity index (χ3n) is 3.73. The van der Waals surface area contributed by atoms with Crippen molar-refractivity contribution in [1.82, 2.24) is 5.32 Å². The summed E-state index contributed by atoms with van der Waals surface area (Å²) in [6, 6.07) is 6.83. The Morgan fingerprint density at radius 3 is 3.00 bits per heavy atom. The summed E-state index contributed by atoms with van der Waals surface area (Å²) in [5.41, 5.74) is 0.671. The standard InChI is InChI=1S/C15H22FNO/c1-2-5-13-8-4-9-14(17-13)15(18)11-6-3-7-12(16)10-11/h3,6-7,10,13-15,17-18H,2,4-5,8-9H2,1H3/t13-,14+,15+/m0/s1. The van der Waals surface area contributed by atoms with Crippen LogP contribution in [0, 0.1) is 5.82 Å². The molecule has 0 amide bonds. The van der Waals surface area contributed by atoms with Crippen LogP contribution in [0.1, 0.15) is 50.7 Å². The largest absolute Gasteiger partial charge is 0.387 e. The maximum Gasteiger partial charge on any atom is 0.123 e. The van der Waals surface area contributed by atoms with E-state index in [2.05, 4.69) is 12.2 Å². The van der Waals surface area contributed by atoms with Crippen molar-refractivity contribution in [3.8, 4) is 0 Å². The van der Waals surface area contributed by atoms with Gasteiger partial charge in [0.2, 0.25) is 0 Å². The fraction of sp³-hybridized carbons (Fsp3) is 0.600. The molecule has 0 unspecified atom stereocenters. The van der Waals surface area contributed by atoms with Crippen LogP contribution in [0.4, 0.5) is 4.39 Å². The van der Waals surface area contributed by atoms with Gasteiger partial charge in [0.25, 0.3) is 0 Å². The minimum absolute atomic E-state index is 0.0529. The van der Waals surface area contributed by atoms with E-state index < -0.39 is 6.10 Å². The third-order valence-corrected chi connectivity index (χ3v) is 3.73. The van der Waals surface area contributed by atoms with Crippen LogP contribution in [0.15, 0.2) is 24.3 Å². The van der Waals surface area contributed by atoms with Crippen molar-refractivity contribution in [2.75, 3.05) is 0 Å². The Kier molecular flexibility index (Phi) is 4.72. The lowest BCUT2D eigenvalue weighted by Crippen LogP contribution is -2.45. The van der Waals surface area contributed by atoms with E-state index in [1.807, 2.05) is 0 Å². The van der Waals surface area contributed by atoms with Crippen molar-refractivity contribution >= 4 is 0 Å². The Hall–Kier alpha value is -0.930. The van der Waals surface area contributed by atoms with Crippen LogP contribution in [0.5, 0.6) is 0 Å². The molecule has 0 saturated carbocycles. The van der Waals surface area contributed by atoms with Gasteiger partial charge in [0.05, 0.1) is 6.10 Å². The highest BCUT2D eigenvalue weighted by molar-refractivity contribution is 5.20. The summed E-state index contributed by atoms with van der Waals surface area (Å²) >= 11 is 0. The molecular weight excluding hydrogens is 229 g/mol. The Labute approximate surface area is 108 Å². The summed E-state index contributed by atoms with van der Waals surface area (Å²) in [5, 5.41) is 13.8. The number of aliphatic hydroxyl groups is 1. The van der Waals surface area contributed by atoms with Crippen LogP contribution < -0.4 is 5.32 Å². The van der Waals surface area contributed by atoms with Gasteiger partial charge in [0.1, 0.15) is 5.82 Å². The van der Waals surface area contributed by atoms with Crippen molar-refractivity contribution in [2.45, 2.75) is 57.2 Å². The highest BCUT2D eigenvalue weighted by Crippen LogP contribution is 2.26. The van der Waals surface area contributed by atoms with E-state index in [-0.39, 0.29) is 11.9 Å². The second-order valence-corrected chi connectivity index (χ2v) is 5.19.